The third kappa shape index (κ3) is 3.42. The summed E-state index contributed by atoms with van der Waals surface area (Å²) < 4.78 is 4.45. The highest BCUT2D eigenvalue weighted by Crippen LogP contribution is 2.11. The van der Waals surface area contributed by atoms with Crippen LogP contribution in [0, 0.1) is 0 Å². The van der Waals surface area contributed by atoms with Gasteiger partial charge in [0.25, 0.3) is 5.91 Å². The molecule has 2 heterocycles. The second-order valence-corrected chi connectivity index (χ2v) is 4.94. The van der Waals surface area contributed by atoms with Crippen LogP contribution >= 0.6 is 0 Å². The highest BCUT2D eigenvalue weighted by Gasteiger charge is 2.26. The molecule has 0 atom stereocenters. The van der Waals surface area contributed by atoms with Gasteiger partial charge in [-0.1, -0.05) is 0 Å². The Kier molecular flexibility index (Phi) is 4.33. The molecule has 0 spiro atoms. The van der Waals surface area contributed by atoms with Crippen LogP contribution in [0.3, 0.4) is 0 Å². The first-order valence-corrected chi connectivity index (χ1v) is 6.32. The van der Waals surface area contributed by atoms with Gasteiger partial charge < -0.3 is 15.5 Å². The van der Waals surface area contributed by atoms with Crippen LogP contribution in [0.15, 0.2) is 4.63 Å². The lowest BCUT2D eigenvalue weighted by molar-refractivity contribution is 0.0620. The maximum absolute atomic E-state index is 12.1. The number of amides is 1. The van der Waals surface area contributed by atoms with E-state index in [1.807, 2.05) is 0 Å². The number of piperazine rings is 1. The summed E-state index contributed by atoms with van der Waals surface area (Å²) in [6, 6.07) is 0. The van der Waals surface area contributed by atoms with Gasteiger partial charge in [0.05, 0.1) is 0 Å². The van der Waals surface area contributed by atoms with Crippen LogP contribution in [0.2, 0.25) is 0 Å². The number of nitrogens with two attached hydrogens (primary N) is 1. The number of anilines is 1. The lowest BCUT2D eigenvalue weighted by Gasteiger charge is -2.34. The number of nitrogen functional groups attached to an aromatic ring is 1. The Morgan fingerprint density at radius 2 is 2.00 bits per heavy atom. The van der Waals surface area contributed by atoms with Gasteiger partial charge in [-0.15, -0.1) is 0 Å². The van der Waals surface area contributed by atoms with Crippen molar-refractivity contribution in [2.24, 2.45) is 0 Å². The van der Waals surface area contributed by atoms with E-state index in [-0.39, 0.29) is 17.4 Å². The van der Waals surface area contributed by atoms with E-state index >= 15 is 0 Å². The minimum absolute atomic E-state index is 0.0556. The molecule has 1 amide bonds. The zero-order chi connectivity index (χ0) is 13.8. The van der Waals surface area contributed by atoms with Gasteiger partial charge in [0.2, 0.25) is 11.5 Å². The molecule has 1 aromatic heterocycles. The molecule has 1 aliphatic heterocycles. The van der Waals surface area contributed by atoms with E-state index in [9.17, 15) is 4.79 Å². The highest BCUT2D eigenvalue weighted by molar-refractivity contribution is 5.96. The van der Waals surface area contributed by atoms with Gasteiger partial charge in [0.15, 0.2) is 0 Å². The molecule has 2 N–H and O–H groups in total. The van der Waals surface area contributed by atoms with Crippen molar-refractivity contribution in [1.82, 2.24) is 25.0 Å². The predicted molar refractivity (Wildman–Crippen MR) is 69.6 cm³/mol. The van der Waals surface area contributed by atoms with Crippen molar-refractivity contribution in [2.75, 3.05) is 59.1 Å². The van der Waals surface area contributed by atoms with E-state index in [0.717, 1.165) is 26.2 Å². The van der Waals surface area contributed by atoms with Crippen LogP contribution in [0.1, 0.15) is 10.5 Å². The van der Waals surface area contributed by atoms with Gasteiger partial charge >= 0.3 is 0 Å². The number of hydrogen-bond acceptors (Lipinski definition) is 7. The SMILES string of the molecule is CN(C)CCN1CCN(C(=O)c2nonc2N)CC1. The Morgan fingerprint density at radius 1 is 1.32 bits per heavy atom. The van der Waals surface area contributed by atoms with Crippen LogP contribution in [-0.4, -0.2) is 84.3 Å². The minimum atomic E-state index is -0.203. The third-order valence-corrected chi connectivity index (χ3v) is 3.24. The summed E-state index contributed by atoms with van der Waals surface area (Å²) in [7, 11) is 4.11. The van der Waals surface area contributed by atoms with Crippen LogP contribution in [0.25, 0.3) is 0 Å². The lowest BCUT2D eigenvalue weighted by Crippen LogP contribution is -2.50. The summed E-state index contributed by atoms with van der Waals surface area (Å²) in [6.45, 7) is 5.13. The molecule has 0 aromatic carbocycles. The molecule has 1 aliphatic rings. The van der Waals surface area contributed by atoms with Crippen molar-refractivity contribution >= 4 is 11.7 Å². The molecule has 0 aliphatic carbocycles. The average Bonchev–Trinajstić information content (AvgIpc) is 2.82. The van der Waals surface area contributed by atoms with E-state index in [0.29, 0.717) is 13.1 Å². The fourth-order valence-corrected chi connectivity index (χ4v) is 2.01. The molecular formula is C11H20N6O2. The zero-order valence-corrected chi connectivity index (χ0v) is 11.4. The first-order valence-electron chi connectivity index (χ1n) is 6.32. The van der Waals surface area contributed by atoms with E-state index in [4.69, 9.17) is 5.73 Å². The molecule has 0 unspecified atom stereocenters. The monoisotopic (exact) mass is 268 g/mol. The number of aromatic nitrogens is 2. The zero-order valence-electron chi connectivity index (χ0n) is 11.4. The molecule has 8 nitrogen and oxygen atoms in total. The number of likely N-dealkylation sites (N-methyl/N-ethyl adjacent to an activating group) is 1. The first kappa shape index (κ1) is 13.8. The first-order chi connectivity index (χ1) is 9.08. The van der Waals surface area contributed by atoms with Gasteiger partial charge in [-0.05, 0) is 24.4 Å². The van der Waals surface area contributed by atoms with Crippen LogP contribution in [-0.2, 0) is 0 Å². The molecule has 0 saturated carbocycles. The second-order valence-electron chi connectivity index (χ2n) is 4.94. The van der Waals surface area contributed by atoms with Gasteiger partial charge in [-0.3, -0.25) is 9.69 Å². The molecule has 19 heavy (non-hydrogen) atoms. The Morgan fingerprint density at radius 3 is 2.53 bits per heavy atom. The second kappa shape index (κ2) is 5.98. The molecule has 106 valence electrons. The maximum Gasteiger partial charge on any atom is 0.280 e. The normalized spacial score (nSPS) is 17.1. The van der Waals surface area contributed by atoms with Gasteiger partial charge in [0.1, 0.15) is 0 Å². The lowest BCUT2D eigenvalue weighted by atomic mass is 10.2. The fraction of sp³-hybridized carbons (Fsp3) is 0.727. The largest absolute Gasteiger partial charge is 0.379 e. The van der Waals surface area contributed by atoms with Crippen LogP contribution < -0.4 is 5.73 Å². The molecular weight excluding hydrogens is 248 g/mol. The van der Waals surface area contributed by atoms with Crippen molar-refractivity contribution in [3.8, 4) is 0 Å². The summed E-state index contributed by atoms with van der Waals surface area (Å²) in [6.07, 6.45) is 0. The van der Waals surface area contributed by atoms with Crippen LogP contribution in [0.5, 0.6) is 0 Å². The summed E-state index contributed by atoms with van der Waals surface area (Å²) >= 11 is 0. The average molecular weight is 268 g/mol. The fourth-order valence-electron chi connectivity index (χ4n) is 2.01. The topological polar surface area (TPSA) is 91.7 Å². The molecule has 1 fully saturated rings. The number of rotatable bonds is 4. The van der Waals surface area contributed by atoms with Crippen molar-refractivity contribution in [1.29, 1.82) is 0 Å². The van der Waals surface area contributed by atoms with Crippen molar-refractivity contribution < 1.29 is 9.42 Å². The summed E-state index contributed by atoms with van der Waals surface area (Å²) in [5.74, 6) is -0.147. The maximum atomic E-state index is 12.1. The standard InChI is InChI=1S/C11H20N6O2/c1-15(2)3-4-16-5-7-17(8-6-16)11(18)9-10(12)14-19-13-9/h3-8H2,1-2H3,(H2,12,14). The molecule has 0 bridgehead atoms. The molecule has 1 aromatic rings. The minimum Gasteiger partial charge on any atom is -0.379 e. The summed E-state index contributed by atoms with van der Waals surface area (Å²) in [5, 5.41) is 6.97. The Balaban J connectivity index is 1.83. The molecule has 2 rings (SSSR count). The van der Waals surface area contributed by atoms with Gasteiger partial charge in [0, 0.05) is 39.3 Å². The number of carbonyl (C=O) groups excluding carboxylic acids is 1. The van der Waals surface area contributed by atoms with E-state index in [1.54, 1.807) is 4.90 Å². The molecule has 8 heteroatoms. The van der Waals surface area contributed by atoms with Crippen molar-refractivity contribution in [3.05, 3.63) is 5.69 Å². The number of carbonyl (C=O) groups is 1. The molecule has 1 saturated heterocycles. The Hall–Kier alpha value is -1.67. The van der Waals surface area contributed by atoms with E-state index in [2.05, 4.69) is 38.8 Å². The molecule has 0 radical (unpaired) electrons. The van der Waals surface area contributed by atoms with Gasteiger partial charge in [-0.25, -0.2) is 4.63 Å². The summed E-state index contributed by atoms with van der Waals surface area (Å²) in [4.78, 5) is 18.3. The summed E-state index contributed by atoms with van der Waals surface area (Å²) in [5.41, 5.74) is 5.64. The smallest absolute Gasteiger partial charge is 0.280 e. The van der Waals surface area contributed by atoms with Crippen LogP contribution in [0.4, 0.5) is 5.82 Å². The third-order valence-electron chi connectivity index (χ3n) is 3.24. The quantitative estimate of drug-likeness (QED) is 0.746. The van der Waals surface area contributed by atoms with Crippen molar-refractivity contribution in [2.45, 2.75) is 0 Å². The Labute approximate surface area is 112 Å². The van der Waals surface area contributed by atoms with E-state index in [1.165, 1.54) is 0 Å². The number of hydrogen-bond donors (Lipinski definition) is 1. The van der Waals surface area contributed by atoms with E-state index < -0.39 is 0 Å². The predicted octanol–water partition coefficient (Wildman–Crippen LogP) is -1.03. The van der Waals surface area contributed by atoms with Gasteiger partial charge in [-0.2, -0.15) is 0 Å². The Bertz CT molecular complexity index is 425. The number of nitrogens with zero attached hydrogens (tertiary/aromatic N) is 5. The van der Waals surface area contributed by atoms with Crippen molar-refractivity contribution in [3.63, 3.8) is 0 Å². The highest BCUT2D eigenvalue weighted by atomic mass is 16.6.